The first-order valence-electron chi connectivity index (χ1n) is 6.76. The molecule has 1 aromatic heterocycles. The molecule has 2 unspecified atom stereocenters. The number of rotatable bonds is 4. The summed E-state index contributed by atoms with van der Waals surface area (Å²) in [5, 5.41) is 0. The fourth-order valence-corrected chi connectivity index (χ4v) is 2.55. The third-order valence-corrected chi connectivity index (χ3v) is 3.84. The van der Waals surface area contributed by atoms with Gasteiger partial charge in [0.1, 0.15) is 5.76 Å². The van der Waals surface area contributed by atoms with E-state index in [0.29, 0.717) is 18.8 Å². The second kappa shape index (κ2) is 6.05. The third-order valence-electron chi connectivity index (χ3n) is 3.84. The summed E-state index contributed by atoms with van der Waals surface area (Å²) in [5.41, 5.74) is 6.05. The summed E-state index contributed by atoms with van der Waals surface area (Å²) in [4.78, 5) is 14.1. The van der Waals surface area contributed by atoms with Gasteiger partial charge in [0.2, 0.25) is 5.91 Å². The van der Waals surface area contributed by atoms with Crippen molar-refractivity contribution in [2.45, 2.75) is 38.6 Å². The Morgan fingerprint density at radius 3 is 3.11 bits per heavy atom. The van der Waals surface area contributed by atoms with Crippen LogP contribution in [0.15, 0.2) is 22.8 Å². The number of carbonyl (C=O) groups excluding carboxylic acids is 1. The maximum Gasteiger partial charge on any atom is 0.223 e. The zero-order valence-corrected chi connectivity index (χ0v) is 11.0. The number of carbonyl (C=O) groups is 1. The zero-order chi connectivity index (χ0) is 13.0. The number of nitrogens with zero attached hydrogens (tertiary/aromatic N) is 1. The molecule has 0 saturated carbocycles. The Balaban J connectivity index is 1.82. The van der Waals surface area contributed by atoms with Crippen LogP contribution >= 0.6 is 0 Å². The van der Waals surface area contributed by atoms with Crippen molar-refractivity contribution in [2.24, 2.45) is 11.7 Å². The predicted molar refractivity (Wildman–Crippen MR) is 70.0 cm³/mol. The minimum Gasteiger partial charge on any atom is -0.469 e. The van der Waals surface area contributed by atoms with Crippen molar-refractivity contribution in [1.82, 2.24) is 4.90 Å². The van der Waals surface area contributed by atoms with Crippen LogP contribution in [0.5, 0.6) is 0 Å². The van der Waals surface area contributed by atoms with Crippen LogP contribution in [0.1, 0.15) is 31.9 Å². The van der Waals surface area contributed by atoms with Crippen LogP contribution in [-0.2, 0) is 11.2 Å². The van der Waals surface area contributed by atoms with E-state index in [0.717, 1.165) is 31.7 Å². The van der Waals surface area contributed by atoms with Gasteiger partial charge < -0.3 is 15.1 Å². The summed E-state index contributed by atoms with van der Waals surface area (Å²) >= 11 is 0. The van der Waals surface area contributed by atoms with Gasteiger partial charge >= 0.3 is 0 Å². The number of likely N-dealkylation sites (tertiary alicyclic amines) is 1. The van der Waals surface area contributed by atoms with E-state index in [-0.39, 0.29) is 11.9 Å². The van der Waals surface area contributed by atoms with Gasteiger partial charge in [0.25, 0.3) is 0 Å². The highest BCUT2D eigenvalue weighted by Gasteiger charge is 2.27. The number of furan rings is 1. The van der Waals surface area contributed by atoms with E-state index >= 15 is 0 Å². The normalized spacial score (nSPS) is 24.2. The molecule has 2 N–H and O–H groups in total. The molecule has 1 fully saturated rings. The minimum absolute atomic E-state index is 0.219. The molecule has 1 aliphatic rings. The molecule has 1 aromatic rings. The second-order valence-corrected chi connectivity index (χ2v) is 5.04. The standard InChI is InChI=1S/C14H22N2O2/c1-2-11-10-16(8-7-13(11)15)14(17)6-5-12-4-3-9-18-12/h3-4,9,11,13H,2,5-8,10,15H2,1H3. The quantitative estimate of drug-likeness (QED) is 0.886. The maximum atomic E-state index is 12.1. The number of hydrogen-bond donors (Lipinski definition) is 1. The predicted octanol–water partition coefficient (Wildman–Crippen LogP) is 1.80. The Morgan fingerprint density at radius 1 is 1.61 bits per heavy atom. The van der Waals surface area contributed by atoms with Crippen LogP contribution in [0.3, 0.4) is 0 Å². The highest BCUT2D eigenvalue weighted by atomic mass is 16.3. The van der Waals surface area contributed by atoms with E-state index in [4.69, 9.17) is 10.2 Å². The van der Waals surface area contributed by atoms with E-state index in [9.17, 15) is 4.79 Å². The lowest BCUT2D eigenvalue weighted by Crippen LogP contribution is -2.49. The number of amides is 1. The van der Waals surface area contributed by atoms with Crippen molar-refractivity contribution in [2.75, 3.05) is 13.1 Å². The first kappa shape index (κ1) is 13.1. The molecule has 100 valence electrons. The topological polar surface area (TPSA) is 59.5 Å². The van der Waals surface area contributed by atoms with Gasteiger partial charge in [0, 0.05) is 32.0 Å². The molecule has 4 heteroatoms. The molecule has 1 saturated heterocycles. The minimum atomic E-state index is 0.219. The molecule has 0 aromatic carbocycles. The Kier molecular flexibility index (Phi) is 4.42. The number of hydrogen-bond acceptors (Lipinski definition) is 3. The number of piperidine rings is 1. The molecule has 0 aliphatic carbocycles. The Morgan fingerprint density at radius 2 is 2.44 bits per heavy atom. The van der Waals surface area contributed by atoms with Crippen LogP contribution in [-0.4, -0.2) is 29.9 Å². The Labute approximate surface area is 108 Å². The van der Waals surface area contributed by atoms with Crippen molar-refractivity contribution >= 4 is 5.91 Å². The summed E-state index contributed by atoms with van der Waals surface area (Å²) in [6.07, 6.45) is 4.82. The van der Waals surface area contributed by atoms with E-state index < -0.39 is 0 Å². The van der Waals surface area contributed by atoms with Gasteiger partial charge in [-0.25, -0.2) is 0 Å². The lowest BCUT2D eigenvalue weighted by Gasteiger charge is -2.36. The molecule has 2 heterocycles. The van der Waals surface area contributed by atoms with Gasteiger partial charge in [0.15, 0.2) is 0 Å². The molecule has 2 rings (SSSR count). The van der Waals surface area contributed by atoms with Crippen LogP contribution in [0, 0.1) is 5.92 Å². The largest absolute Gasteiger partial charge is 0.469 e. The molecule has 2 atom stereocenters. The highest BCUT2D eigenvalue weighted by Crippen LogP contribution is 2.19. The number of aryl methyl sites for hydroxylation is 1. The van der Waals surface area contributed by atoms with Crippen LogP contribution in [0.4, 0.5) is 0 Å². The van der Waals surface area contributed by atoms with Crippen molar-refractivity contribution in [3.05, 3.63) is 24.2 Å². The molecular formula is C14H22N2O2. The maximum absolute atomic E-state index is 12.1. The van der Waals surface area contributed by atoms with Gasteiger partial charge in [-0.1, -0.05) is 13.3 Å². The van der Waals surface area contributed by atoms with Gasteiger partial charge in [-0.2, -0.15) is 0 Å². The molecule has 4 nitrogen and oxygen atoms in total. The lowest BCUT2D eigenvalue weighted by atomic mass is 9.90. The summed E-state index contributed by atoms with van der Waals surface area (Å²) < 4.78 is 5.24. The van der Waals surface area contributed by atoms with Gasteiger partial charge in [-0.05, 0) is 24.5 Å². The van der Waals surface area contributed by atoms with E-state index in [1.165, 1.54) is 0 Å². The second-order valence-electron chi connectivity index (χ2n) is 5.04. The fourth-order valence-electron chi connectivity index (χ4n) is 2.55. The van der Waals surface area contributed by atoms with Crippen LogP contribution in [0.25, 0.3) is 0 Å². The SMILES string of the molecule is CCC1CN(C(=O)CCc2ccco2)CCC1N. The van der Waals surface area contributed by atoms with Gasteiger partial charge in [-0.3, -0.25) is 4.79 Å². The first-order valence-corrected chi connectivity index (χ1v) is 6.76. The molecule has 0 spiro atoms. The monoisotopic (exact) mass is 250 g/mol. The Hall–Kier alpha value is -1.29. The molecular weight excluding hydrogens is 228 g/mol. The molecule has 1 aliphatic heterocycles. The van der Waals surface area contributed by atoms with Crippen LogP contribution in [0.2, 0.25) is 0 Å². The summed E-state index contributed by atoms with van der Waals surface area (Å²) in [5.74, 6) is 1.55. The van der Waals surface area contributed by atoms with E-state index in [1.807, 2.05) is 17.0 Å². The summed E-state index contributed by atoms with van der Waals surface area (Å²) in [7, 11) is 0. The first-order chi connectivity index (χ1) is 8.70. The van der Waals surface area contributed by atoms with Crippen molar-refractivity contribution in [3.8, 4) is 0 Å². The summed E-state index contributed by atoms with van der Waals surface area (Å²) in [6, 6.07) is 4.02. The zero-order valence-electron chi connectivity index (χ0n) is 11.0. The molecule has 0 radical (unpaired) electrons. The lowest BCUT2D eigenvalue weighted by molar-refractivity contribution is -0.133. The van der Waals surface area contributed by atoms with Gasteiger partial charge in [-0.15, -0.1) is 0 Å². The van der Waals surface area contributed by atoms with Gasteiger partial charge in [0.05, 0.1) is 6.26 Å². The van der Waals surface area contributed by atoms with Crippen molar-refractivity contribution < 1.29 is 9.21 Å². The number of nitrogens with two attached hydrogens (primary N) is 1. The summed E-state index contributed by atoms with van der Waals surface area (Å²) in [6.45, 7) is 3.75. The molecule has 18 heavy (non-hydrogen) atoms. The highest BCUT2D eigenvalue weighted by molar-refractivity contribution is 5.76. The van der Waals surface area contributed by atoms with E-state index in [1.54, 1.807) is 6.26 Å². The van der Waals surface area contributed by atoms with Crippen molar-refractivity contribution in [1.29, 1.82) is 0 Å². The fraction of sp³-hybridized carbons (Fsp3) is 0.643. The average molecular weight is 250 g/mol. The van der Waals surface area contributed by atoms with E-state index in [2.05, 4.69) is 6.92 Å². The smallest absolute Gasteiger partial charge is 0.223 e. The van der Waals surface area contributed by atoms with Crippen LogP contribution < -0.4 is 5.73 Å². The third kappa shape index (κ3) is 3.13. The van der Waals surface area contributed by atoms with Crippen molar-refractivity contribution in [3.63, 3.8) is 0 Å². The average Bonchev–Trinajstić information content (AvgIpc) is 2.89. The Bertz CT molecular complexity index is 375. The molecule has 1 amide bonds. The molecule has 0 bridgehead atoms.